The summed E-state index contributed by atoms with van der Waals surface area (Å²) in [6.45, 7) is 1.33. The molecule has 2 aromatic carbocycles. The fourth-order valence-corrected chi connectivity index (χ4v) is 5.79. The summed E-state index contributed by atoms with van der Waals surface area (Å²) in [4.78, 5) is 18.3. The third-order valence-corrected chi connectivity index (χ3v) is 7.67. The van der Waals surface area contributed by atoms with Crippen molar-refractivity contribution in [3.8, 4) is 0 Å². The lowest BCUT2D eigenvalue weighted by Crippen LogP contribution is -2.50. The minimum atomic E-state index is -3.90. The number of piperidine rings is 1. The Balaban J connectivity index is 1.60. The Kier molecular flexibility index (Phi) is 6.65. The minimum Gasteiger partial charge on any atom is -0.361 e. The van der Waals surface area contributed by atoms with Crippen molar-refractivity contribution in [3.63, 3.8) is 0 Å². The number of amides is 1. The molecule has 1 atom stereocenters. The Bertz CT molecular complexity index is 1170. The van der Waals surface area contributed by atoms with Gasteiger partial charge in [0.25, 0.3) is 0 Å². The highest BCUT2D eigenvalue weighted by Crippen LogP contribution is 2.24. The zero-order valence-corrected chi connectivity index (χ0v) is 18.8. The van der Waals surface area contributed by atoms with Crippen LogP contribution in [0, 0.1) is 0 Å². The van der Waals surface area contributed by atoms with E-state index in [1.54, 1.807) is 35.4 Å². The number of benzene rings is 2. The third kappa shape index (κ3) is 4.95. The van der Waals surface area contributed by atoms with Crippen LogP contribution in [0.25, 0.3) is 10.9 Å². The standard InChI is InChI=1S/C23H26ClN3O3S/c24-19-8-3-2-7-17(19)11-12-21(23(28)27-15-4-1-5-16-27)26-31(29,30)22-10-6-9-20-18(22)13-14-25-20/h2-3,6-10,13-14,21,25-26H,1,4-5,11-12,15-16H2. The van der Waals surface area contributed by atoms with Crippen molar-refractivity contribution in [1.82, 2.24) is 14.6 Å². The molecule has 1 fully saturated rings. The van der Waals surface area contributed by atoms with E-state index in [1.165, 1.54) is 0 Å². The number of rotatable bonds is 7. The Hall–Kier alpha value is -2.35. The summed E-state index contributed by atoms with van der Waals surface area (Å²) in [6, 6.07) is 13.4. The van der Waals surface area contributed by atoms with Gasteiger partial charge in [0.15, 0.2) is 0 Å². The van der Waals surface area contributed by atoms with Crippen molar-refractivity contribution in [1.29, 1.82) is 0 Å². The Labute approximate surface area is 187 Å². The van der Waals surface area contributed by atoms with Crippen LogP contribution >= 0.6 is 11.6 Å². The van der Waals surface area contributed by atoms with Gasteiger partial charge in [0, 0.05) is 35.2 Å². The molecule has 1 saturated heterocycles. The summed E-state index contributed by atoms with van der Waals surface area (Å²) in [5.74, 6) is -0.170. The van der Waals surface area contributed by atoms with Crippen molar-refractivity contribution in [2.45, 2.75) is 43.0 Å². The highest BCUT2D eigenvalue weighted by molar-refractivity contribution is 7.89. The van der Waals surface area contributed by atoms with Crippen LogP contribution in [-0.2, 0) is 21.2 Å². The number of fused-ring (bicyclic) bond motifs is 1. The van der Waals surface area contributed by atoms with Gasteiger partial charge in [-0.15, -0.1) is 0 Å². The molecule has 1 aliphatic heterocycles. The van der Waals surface area contributed by atoms with E-state index < -0.39 is 16.1 Å². The van der Waals surface area contributed by atoms with E-state index in [1.807, 2.05) is 24.3 Å². The molecule has 8 heteroatoms. The van der Waals surface area contributed by atoms with Gasteiger partial charge in [0.1, 0.15) is 6.04 Å². The Morgan fingerprint density at radius 2 is 1.84 bits per heavy atom. The highest BCUT2D eigenvalue weighted by atomic mass is 35.5. The summed E-state index contributed by atoms with van der Waals surface area (Å²) >= 11 is 6.28. The molecule has 4 rings (SSSR count). The smallest absolute Gasteiger partial charge is 0.241 e. The predicted molar refractivity (Wildman–Crippen MR) is 123 cm³/mol. The lowest BCUT2D eigenvalue weighted by atomic mass is 10.0. The Morgan fingerprint density at radius 1 is 1.06 bits per heavy atom. The summed E-state index contributed by atoms with van der Waals surface area (Å²) in [6.07, 6.45) is 5.52. The van der Waals surface area contributed by atoms with E-state index in [4.69, 9.17) is 11.6 Å². The molecule has 1 amide bonds. The van der Waals surface area contributed by atoms with E-state index in [0.717, 1.165) is 30.3 Å². The van der Waals surface area contributed by atoms with Crippen LogP contribution in [0.1, 0.15) is 31.2 Å². The Morgan fingerprint density at radius 3 is 2.61 bits per heavy atom. The monoisotopic (exact) mass is 459 g/mol. The van der Waals surface area contributed by atoms with Crippen molar-refractivity contribution in [2.75, 3.05) is 13.1 Å². The number of carbonyl (C=O) groups is 1. The first kappa shape index (κ1) is 21.9. The van der Waals surface area contributed by atoms with E-state index >= 15 is 0 Å². The number of aryl methyl sites for hydroxylation is 1. The van der Waals surface area contributed by atoms with Gasteiger partial charge in [-0.05, 0) is 61.9 Å². The van der Waals surface area contributed by atoms with E-state index in [-0.39, 0.29) is 10.8 Å². The van der Waals surface area contributed by atoms with Gasteiger partial charge in [-0.1, -0.05) is 35.9 Å². The zero-order chi connectivity index (χ0) is 21.8. The number of hydrogen-bond acceptors (Lipinski definition) is 3. The van der Waals surface area contributed by atoms with Crippen LogP contribution in [0.4, 0.5) is 0 Å². The molecular weight excluding hydrogens is 434 g/mol. The molecule has 0 radical (unpaired) electrons. The molecule has 0 saturated carbocycles. The van der Waals surface area contributed by atoms with Crippen LogP contribution in [-0.4, -0.2) is 43.3 Å². The molecule has 2 N–H and O–H groups in total. The fraction of sp³-hybridized carbons (Fsp3) is 0.348. The van der Waals surface area contributed by atoms with E-state index in [9.17, 15) is 13.2 Å². The van der Waals surface area contributed by atoms with Gasteiger partial charge in [-0.2, -0.15) is 4.72 Å². The number of hydrogen-bond donors (Lipinski definition) is 2. The normalized spacial score (nSPS) is 15.8. The molecule has 0 aliphatic carbocycles. The average Bonchev–Trinajstić information content (AvgIpc) is 3.26. The first-order valence-electron chi connectivity index (χ1n) is 10.6. The maximum atomic E-state index is 13.3. The van der Waals surface area contributed by atoms with Crippen LogP contribution in [0.3, 0.4) is 0 Å². The van der Waals surface area contributed by atoms with Crippen LogP contribution in [0.15, 0.2) is 59.6 Å². The topological polar surface area (TPSA) is 82.3 Å². The SMILES string of the molecule is O=C(C(CCc1ccccc1Cl)NS(=O)(=O)c1cccc2[nH]ccc12)N1CCCCC1. The fourth-order valence-electron chi connectivity index (χ4n) is 4.11. The molecule has 0 bridgehead atoms. The van der Waals surface area contributed by atoms with Gasteiger partial charge < -0.3 is 9.88 Å². The quantitative estimate of drug-likeness (QED) is 0.557. The molecule has 0 spiro atoms. The molecular formula is C23H26ClN3O3S. The number of H-pyrrole nitrogens is 1. The number of halogens is 1. The molecule has 3 aromatic rings. The van der Waals surface area contributed by atoms with Gasteiger partial charge in [0.2, 0.25) is 15.9 Å². The van der Waals surface area contributed by atoms with Crippen LogP contribution in [0.2, 0.25) is 5.02 Å². The molecule has 164 valence electrons. The third-order valence-electron chi connectivity index (χ3n) is 5.77. The molecule has 2 heterocycles. The number of carbonyl (C=O) groups excluding carboxylic acids is 1. The highest BCUT2D eigenvalue weighted by Gasteiger charge is 2.30. The van der Waals surface area contributed by atoms with Gasteiger partial charge in [0.05, 0.1) is 4.90 Å². The van der Waals surface area contributed by atoms with E-state index in [2.05, 4.69) is 9.71 Å². The summed E-state index contributed by atoms with van der Waals surface area (Å²) < 4.78 is 29.3. The summed E-state index contributed by atoms with van der Waals surface area (Å²) in [7, 11) is -3.90. The predicted octanol–water partition coefficient (Wildman–Crippen LogP) is 4.11. The maximum absolute atomic E-state index is 13.3. The number of aromatic nitrogens is 1. The van der Waals surface area contributed by atoms with E-state index in [0.29, 0.717) is 36.3 Å². The number of nitrogens with zero attached hydrogens (tertiary/aromatic N) is 1. The van der Waals surface area contributed by atoms with Crippen LogP contribution < -0.4 is 4.72 Å². The second kappa shape index (κ2) is 9.42. The van der Waals surface area contributed by atoms with Gasteiger partial charge in [-0.3, -0.25) is 4.79 Å². The van der Waals surface area contributed by atoms with Crippen molar-refractivity contribution in [2.24, 2.45) is 0 Å². The average molecular weight is 460 g/mol. The second-order valence-corrected chi connectivity index (χ2v) is 9.97. The number of aromatic amines is 1. The second-order valence-electron chi connectivity index (χ2n) is 7.88. The first-order valence-corrected chi connectivity index (χ1v) is 12.4. The molecule has 1 aliphatic rings. The van der Waals surface area contributed by atoms with Crippen molar-refractivity contribution < 1.29 is 13.2 Å². The molecule has 6 nitrogen and oxygen atoms in total. The first-order chi connectivity index (χ1) is 15.0. The lowest BCUT2D eigenvalue weighted by Gasteiger charge is -2.31. The number of sulfonamides is 1. The molecule has 1 unspecified atom stereocenters. The van der Waals surface area contributed by atoms with Crippen LogP contribution in [0.5, 0.6) is 0 Å². The molecule has 1 aromatic heterocycles. The number of likely N-dealkylation sites (tertiary alicyclic amines) is 1. The largest absolute Gasteiger partial charge is 0.361 e. The zero-order valence-electron chi connectivity index (χ0n) is 17.2. The van der Waals surface area contributed by atoms with Crippen molar-refractivity contribution in [3.05, 3.63) is 65.3 Å². The maximum Gasteiger partial charge on any atom is 0.241 e. The van der Waals surface area contributed by atoms with Gasteiger partial charge >= 0.3 is 0 Å². The lowest BCUT2D eigenvalue weighted by molar-refractivity contribution is -0.134. The summed E-state index contributed by atoms with van der Waals surface area (Å²) in [5.41, 5.74) is 1.63. The number of nitrogens with one attached hydrogen (secondary N) is 2. The van der Waals surface area contributed by atoms with Crippen molar-refractivity contribution >= 4 is 38.4 Å². The molecule has 31 heavy (non-hydrogen) atoms. The summed E-state index contributed by atoms with van der Waals surface area (Å²) in [5, 5.41) is 1.22. The van der Waals surface area contributed by atoms with Gasteiger partial charge in [-0.25, -0.2) is 8.42 Å². The minimum absolute atomic E-state index is 0.167.